The maximum Gasteiger partial charge on any atom is 0.316 e. The molecule has 0 fully saturated rings. The number of primary amides is 1. The Morgan fingerprint density at radius 3 is 2.44 bits per heavy atom. The normalized spacial score (nSPS) is 9.78. The standard InChI is InChI=1S/C13H13N3O2/c14-13(17)16-11-1-3-12(4-2-11)18-9-10-5-7-15-8-6-10/h1-8H,9H2,(H3,14,16,17). The first-order valence-corrected chi connectivity index (χ1v) is 5.42. The Morgan fingerprint density at radius 1 is 1.17 bits per heavy atom. The van der Waals surface area contributed by atoms with E-state index in [-0.39, 0.29) is 0 Å². The van der Waals surface area contributed by atoms with E-state index < -0.39 is 6.03 Å². The highest BCUT2D eigenvalue weighted by molar-refractivity contribution is 5.87. The Hall–Kier alpha value is -2.56. The summed E-state index contributed by atoms with van der Waals surface area (Å²) in [5.74, 6) is 0.724. The number of anilines is 1. The van der Waals surface area contributed by atoms with Gasteiger partial charge in [-0.2, -0.15) is 0 Å². The van der Waals surface area contributed by atoms with E-state index in [2.05, 4.69) is 10.3 Å². The molecule has 1 aromatic carbocycles. The molecule has 0 spiro atoms. The van der Waals surface area contributed by atoms with E-state index in [4.69, 9.17) is 10.5 Å². The highest BCUT2D eigenvalue weighted by Crippen LogP contribution is 2.16. The van der Waals surface area contributed by atoms with Gasteiger partial charge in [-0.25, -0.2) is 4.79 Å². The van der Waals surface area contributed by atoms with E-state index in [9.17, 15) is 4.79 Å². The average molecular weight is 243 g/mol. The van der Waals surface area contributed by atoms with Gasteiger partial charge in [-0.15, -0.1) is 0 Å². The van der Waals surface area contributed by atoms with E-state index in [0.29, 0.717) is 12.3 Å². The lowest BCUT2D eigenvalue weighted by atomic mass is 10.3. The van der Waals surface area contributed by atoms with Crippen molar-refractivity contribution in [2.24, 2.45) is 5.73 Å². The molecular formula is C13H13N3O2. The Kier molecular flexibility index (Phi) is 3.76. The molecule has 1 aromatic heterocycles. The Balaban J connectivity index is 1.92. The van der Waals surface area contributed by atoms with Gasteiger partial charge in [-0.1, -0.05) is 0 Å². The quantitative estimate of drug-likeness (QED) is 0.863. The number of hydrogen-bond donors (Lipinski definition) is 2. The molecule has 2 amide bonds. The van der Waals surface area contributed by atoms with Gasteiger partial charge in [0, 0.05) is 18.1 Å². The second-order valence-electron chi connectivity index (χ2n) is 3.66. The fraction of sp³-hybridized carbons (Fsp3) is 0.0769. The van der Waals surface area contributed by atoms with Crippen molar-refractivity contribution >= 4 is 11.7 Å². The minimum absolute atomic E-state index is 0.477. The number of nitrogens with one attached hydrogen (secondary N) is 1. The van der Waals surface area contributed by atoms with E-state index >= 15 is 0 Å². The molecule has 0 aliphatic carbocycles. The van der Waals surface area contributed by atoms with Crippen LogP contribution in [-0.4, -0.2) is 11.0 Å². The summed E-state index contributed by atoms with van der Waals surface area (Å²) in [6, 6.07) is 10.2. The van der Waals surface area contributed by atoms with Crippen molar-refractivity contribution in [3.05, 3.63) is 54.4 Å². The fourth-order valence-corrected chi connectivity index (χ4v) is 1.42. The van der Waals surface area contributed by atoms with Crippen LogP contribution >= 0.6 is 0 Å². The lowest BCUT2D eigenvalue weighted by Gasteiger charge is -2.07. The monoisotopic (exact) mass is 243 g/mol. The van der Waals surface area contributed by atoms with Crippen LogP contribution in [0.25, 0.3) is 0 Å². The number of rotatable bonds is 4. The topological polar surface area (TPSA) is 77.2 Å². The van der Waals surface area contributed by atoms with Crippen LogP contribution < -0.4 is 15.8 Å². The van der Waals surface area contributed by atoms with Gasteiger partial charge < -0.3 is 15.8 Å². The molecule has 5 heteroatoms. The first kappa shape index (κ1) is 11.9. The predicted molar refractivity (Wildman–Crippen MR) is 68.2 cm³/mol. The van der Waals surface area contributed by atoms with Gasteiger partial charge in [0.25, 0.3) is 0 Å². The van der Waals surface area contributed by atoms with Crippen LogP contribution in [0.3, 0.4) is 0 Å². The van der Waals surface area contributed by atoms with Crippen molar-refractivity contribution in [3.63, 3.8) is 0 Å². The fourth-order valence-electron chi connectivity index (χ4n) is 1.42. The van der Waals surface area contributed by atoms with Gasteiger partial charge in [-0.3, -0.25) is 4.98 Å². The number of ether oxygens (including phenoxy) is 1. The van der Waals surface area contributed by atoms with Crippen LogP contribution in [0.1, 0.15) is 5.56 Å². The zero-order chi connectivity index (χ0) is 12.8. The number of pyridine rings is 1. The summed E-state index contributed by atoms with van der Waals surface area (Å²) in [5, 5.41) is 2.48. The molecule has 2 aromatic rings. The van der Waals surface area contributed by atoms with Crippen molar-refractivity contribution in [2.45, 2.75) is 6.61 Å². The summed E-state index contributed by atoms with van der Waals surface area (Å²) < 4.78 is 5.58. The van der Waals surface area contributed by atoms with Gasteiger partial charge in [-0.05, 0) is 42.0 Å². The first-order chi connectivity index (χ1) is 8.74. The summed E-state index contributed by atoms with van der Waals surface area (Å²) in [5.41, 5.74) is 6.69. The highest BCUT2D eigenvalue weighted by atomic mass is 16.5. The maximum atomic E-state index is 10.6. The molecular weight excluding hydrogens is 230 g/mol. The largest absolute Gasteiger partial charge is 0.489 e. The second kappa shape index (κ2) is 5.67. The van der Waals surface area contributed by atoms with Gasteiger partial charge in [0.1, 0.15) is 12.4 Å². The van der Waals surface area contributed by atoms with Crippen LogP contribution in [0.5, 0.6) is 5.75 Å². The van der Waals surface area contributed by atoms with Crippen LogP contribution in [0, 0.1) is 0 Å². The molecule has 3 N–H and O–H groups in total. The number of benzene rings is 1. The summed E-state index contributed by atoms with van der Waals surface area (Å²) in [6.45, 7) is 0.477. The summed E-state index contributed by atoms with van der Waals surface area (Å²) in [6.07, 6.45) is 3.44. The van der Waals surface area contributed by atoms with Crippen LogP contribution in [0.4, 0.5) is 10.5 Å². The number of nitrogens with zero attached hydrogens (tertiary/aromatic N) is 1. The van der Waals surface area contributed by atoms with Crippen LogP contribution in [-0.2, 0) is 6.61 Å². The van der Waals surface area contributed by atoms with Gasteiger partial charge in [0.05, 0.1) is 0 Å². The molecule has 0 aliphatic heterocycles. The van der Waals surface area contributed by atoms with Gasteiger partial charge in [0.2, 0.25) is 0 Å². The smallest absolute Gasteiger partial charge is 0.316 e. The minimum Gasteiger partial charge on any atom is -0.489 e. The summed E-state index contributed by atoms with van der Waals surface area (Å²) in [7, 11) is 0. The van der Waals surface area contributed by atoms with E-state index in [1.807, 2.05) is 12.1 Å². The molecule has 0 aliphatic rings. The molecule has 0 saturated carbocycles. The van der Waals surface area contributed by atoms with Crippen molar-refractivity contribution in [2.75, 3.05) is 5.32 Å². The van der Waals surface area contributed by atoms with E-state index in [0.717, 1.165) is 11.3 Å². The first-order valence-electron chi connectivity index (χ1n) is 5.42. The maximum absolute atomic E-state index is 10.6. The molecule has 1 heterocycles. The Bertz CT molecular complexity index is 512. The van der Waals surface area contributed by atoms with Crippen LogP contribution in [0.2, 0.25) is 0 Å². The number of aromatic nitrogens is 1. The number of carbonyl (C=O) groups excluding carboxylic acids is 1. The Labute approximate surface area is 105 Å². The second-order valence-corrected chi connectivity index (χ2v) is 3.66. The lowest BCUT2D eigenvalue weighted by Crippen LogP contribution is -2.19. The minimum atomic E-state index is -0.583. The molecule has 2 rings (SSSR count). The third-order valence-electron chi connectivity index (χ3n) is 2.28. The highest BCUT2D eigenvalue weighted by Gasteiger charge is 1.98. The number of nitrogens with two attached hydrogens (primary N) is 1. The Morgan fingerprint density at radius 2 is 1.83 bits per heavy atom. The number of carbonyl (C=O) groups is 1. The van der Waals surface area contributed by atoms with Crippen molar-refractivity contribution < 1.29 is 9.53 Å². The number of hydrogen-bond acceptors (Lipinski definition) is 3. The van der Waals surface area contributed by atoms with E-state index in [1.54, 1.807) is 36.7 Å². The third kappa shape index (κ3) is 3.48. The third-order valence-corrected chi connectivity index (χ3v) is 2.28. The average Bonchev–Trinajstić information content (AvgIpc) is 2.38. The van der Waals surface area contributed by atoms with E-state index in [1.165, 1.54) is 0 Å². The van der Waals surface area contributed by atoms with Crippen molar-refractivity contribution in [3.8, 4) is 5.75 Å². The van der Waals surface area contributed by atoms with Gasteiger partial charge in [0.15, 0.2) is 0 Å². The zero-order valence-electron chi connectivity index (χ0n) is 9.67. The van der Waals surface area contributed by atoms with Crippen molar-refractivity contribution in [1.29, 1.82) is 0 Å². The van der Waals surface area contributed by atoms with Crippen LogP contribution in [0.15, 0.2) is 48.8 Å². The predicted octanol–water partition coefficient (Wildman–Crippen LogP) is 2.15. The lowest BCUT2D eigenvalue weighted by molar-refractivity contribution is 0.259. The zero-order valence-corrected chi connectivity index (χ0v) is 9.67. The number of amides is 2. The molecule has 0 radical (unpaired) electrons. The molecule has 0 bridgehead atoms. The molecule has 0 saturated heterocycles. The van der Waals surface area contributed by atoms with Gasteiger partial charge >= 0.3 is 6.03 Å². The summed E-state index contributed by atoms with van der Waals surface area (Å²) in [4.78, 5) is 14.6. The molecule has 5 nitrogen and oxygen atoms in total. The number of urea groups is 1. The molecule has 0 atom stereocenters. The summed E-state index contributed by atoms with van der Waals surface area (Å²) >= 11 is 0. The molecule has 0 unspecified atom stereocenters. The molecule has 18 heavy (non-hydrogen) atoms. The molecule has 92 valence electrons. The SMILES string of the molecule is NC(=O)Nc1ccc(OCc2ccncc2)cc1. The van der Waals surface area contributed by atoms with Crippen molar-refractivity contribution in [1.82, 2.24) is 4.98 Å².